The topological polar surface area (TPSA) is 4.93 Å². The van der Waals surface area contributed by atoms with Crippen molar-refractivity contribution in [1.29, 1.82) is 0 Å². The first-order valence-corrected chi connectivity index (χ1v) is 7.29. The van der Waals surface area contributed by atoms with Crippen molar-refractivity contribution in [3.05, 3.63) is 72.3 Å². The Kier molecular flexibility index (Phi) is 2.61. The lowest BCUT2D eigenvalue weighted by Gasteiger charge is -2.07. The quantitative estimate of drug-likeness (QED) is 0.442. The van der Waals surface area contributed by atoms with E-state index >= 15 is 0 Å². The van der Waals surface area contributed by atoms with E-state index in [1.54, 1.807) is 0 Å². The summed E-state index contributed by atoms with van der Waals surface area (Å²) in [5.74, 6) is 0. The molecule has 1 heteroatoms. The van der Waals surface area contributed by atoms with Crippen molar-refractivity contribution in [3.8, 4) is 11.1 Å². The van der Waals surface area contributed by atoms with Crippen LogP contribution in [0.25, 0.3) is 32.9 Å². The van der Waals surface area contributed by atoms with E-state index in [1.807, 2.05) is 0 Å². The van der Waals surface area contributed by atoms with Crippen molar-refractivity contribution < 1.29 is 0 Å². The zero-order valence-electron chi connectivity index (χ0n) is 12.3. The monoisotopic (exact) mass is 271 g/mol. The van der Waals surface area contributed by atoms with Gasteiger partial charge >= 0.3 is 0 Å². The molecule has 0 spiro atoms. The van der Waals surface area contributed by atoms with Crippen LogP contribution in [0.5, 0.6) is 0 Å². The summed E-state index contributed by atoms with van der Waals surface area (Å²) in [5.41, 5.74) is 6.47. The molecule has 0 saturated heterocycles. The van der Waals surface area contributed by atoms with Crippen LogP contribution in [0.3, 0.4) is 0 Å². The van der Waals surface area contributed by atoms with Crippen LogP contribution in [-0.2, 0) is 7.05 Å². The number of hydrogen-bond acceptors (Lipinski definition) is 0. The molecule has 0 unspecified atom stereocenters. The molecular formula is C20H17N. The van der Waals surface area contributed by atoms with Gasteiger partial charge in [-0.3, -0.25) is 0 Å². The van der Waals surface area contributed by atoms with Crippen LogP contribution >= 0.6 is 0 Å². The molecule has 0 saturated carbocycles. The summed E-state index contributed by atoms with van der Waals surface area (Å²) in [4.78, 5) is 0. The normalized spacial score (nSPS) is 11.3. The van der Waals surface area contributed by atoms with Crippen LogP contribution in [0.4, 0.5) is 0 Å². The Labute approximate surface area is 124 Å². The fraction of sp³-hybridized carbons (Fsp3) is 0.100. The van der Waals surface area contributed by atoms with Crippen LogP contribution in [0.2, 0.25) is 0 Å². The van der Waals surface area contributed by atoms with Crippen LogP contribution in [0, 0.1) is 6.92 Å². The average Bonchev–Trinajstić information content (AvgIpc) is 2.81. The van der Waals surface area contributed by atoms with E-state index in [0.717, 1.165) is 0 Å². The highest BCUT2D eigenvalue weighted by atomic mass is 14.9. The Morgan fingerprint density at radius 2 is 1.52 bits per heavy atom. The molecule has 0 atom stereocenters. The minimum absolute atomic E-state index is 1.28. The van der Waals surface area contributed by atoms with Gasteiger partial charge in [0.25, 0.3) is 0 Å². The summed E-state index contributed by atoms with van der Waals surface area (Å²) in [7, 11) is 2.16. The van der Waals surface area contributed by atoms with Crippen molar-refractivity contribution >= 4 is 21.8 Å². The zero-order chi connectivity index (χ0) is 14.4. The van der Waals surface area contributed by atoms with Gasteiger partial charge in [0.15, 0.2) is 0 Å². The maximum atomic E-state index is 2.31. The first kappa shape index (κ1) is 12.2. The molecule has 1 heterocycles. The lowest BCUT2D eigenvalue weighted by molar-refractivity contribution is 1.01. The molecule has 0 bridgehead atoms. The van der Waals surface area contributed by atoms with Crippen LogP contribution < -0.4 is 0 Å². The van der Waals surface area contributed by atoms with E-state index < -0.39 is 0 Å². The zero-order valence-corrected chi connectivity index (χ0v) is 12.3. The smallest absolute Gasteiger partial charge is 0.0568 e. The van der Waals surface area contributed by atoms with E-state index in [-0.39, 0.29) is 0 Å². The highest BCUT2D eigenvalue weighted by Crippen LogP contribution is 2.35. The van der Waals surface area contributed by atoms with Gasteiger partial charge in [0.05, 0.1) is 5.52 Å². The van der Waals surface area contributed by atoms with Crippen LogP contribution in [-0.4, -0.2) is 4.57 Å². The second kappa shape index (κ2) is 4.49. The molecule has 21 heavy (non-hydrogen) atoms. The number of nitrogens with zero attached hydrogens (tertiary/aromatic N) is 1. The lowest BCUT2D eigenvalue weighted by atomic mass is 10.0. The minimum atomic E-state index is 1.28. The first-order valence-electron chi connectivity index (χ1n) is 7.29. The third-order valence-corrected chi connectivity index (χ3v) is 4.26. The summed E-state index contributed by atoms with van der Waals surface area (Å²) in [5, 5.41) is 2.65. The summed E-state index contributed by atoms with van der Waals surface area (Å²) in [6, 6.07) is 23.9. The molecule has 0 amide bonds. The van der Waals surface area contributed by atoms with Gasteiger partial charge in [-0.15, -0.1) is 0 Å². The second-order valence-corrected chi connectivity index (χ2v) is 5.65. The maximum Gasteiger partial charge on any atom is 0.0568 e. The minimum Gasteiger partial charge on any atom is -0.343 e. The van der Waals surface area contributed by atoms with Gasteiger partial charge in [0.2, 0.25) is 0 Å². The van der Waals surface area contributed by atoms with Crippen molar-refractivity contribution in [2.75, 3.05) is 0 Å². The predicted octanol–water partition coefficient (Wildman–Crippen LogP) is 5.31. The van der Waals surface area contributed by atoms with E-state index in [4.69, 9.17) is 0 Å². The predicted molar refractivity (Wildman–Crippen MR) is 90.6 cm³/mol. The summed E-state index contributed by atoms with van der Waals surface area (Å²) in [6.07, 6.45) is 0. The van der Waals surface area contributed by atoms with Gasteiger partial charge in [-0.2, -0.15) is 0 Å². The first-order chi connectivity index (χ1) is 10.3. The number of para-hydroxylation sites is 2. The summed E-state index contributed by atoms with van der Waals surface area (Å²) < 4.78 is 2.31. The molecule has 102 valence electrons. The van der Waals surface area contributed by atoms with Gasteiger partial charge in [-0.1, -0.05) is 66.2 Å². The number of rotatable bonds is 1. The van der Waals surface area contributed by atoms with Gasteiger partial charge in [-0.25, -0.2) is 0 Å². The number of hydrogen-bond donors (Lipinski definition) is 0. The summed E-state index contributed by atoms with van der Waals surface area (Å²) >= 11 is 0. The Balaban J connectivity index is 2.16. The second-order valence-electron chi connectivity index (χ2n) is 5.65. The standard InChI is InChI=1S/C20H17N/c1-14-7-5-8-15(13-14)16-10-6-11-18-17-9-3-4-12-19(17)21(2)20(16)18/h3-13H,1-2H3. The fourth-order valence-electron chi connectivity index (χ4n) is 3.28. The lowest BCUT2D eigenvalue weighted by Crippen LogP contribution is -1.90. The van der Waals surface area contributed by atoms with Crippen molar-refractivity contribution in [2.45, 2.75) is 6.92 Å². The van der Waals surface area contributed by atoms with E-state index in [0.29, 0.717) is 0 Å². The molecule has 1 nitrogen and oxygen atoms in total. The number of fused-ring (bicyclic) bond motifs is 3. The molecular weight excluding hydrogens is 254 g/mol. The van der Waals surface area contributed by atoms with Gasteiger partial charge < -0.3 is 4.57 Å². The number of aryl methyl sites for hydroxylation is 2. The van der Waals surface area contributed by atoms with Crippen LogP contribution in [0.15, 0.2) is 66.7 Å². The maximum absolute atomic E-state index is 2.31. The van der Waals surface area contributed by atoms with E-state index in [2.05, 4.69) is 85.3 Å². The van der Waals surface area contributed by atoms with Crippen LogP contribution in [0.1, 0.15) is 5.56 Å². The third kappa shape index (κ3) is 1.78. The molecule has 0 fully saturated rings. The Morgan fingerprint density at radius 1 is 0.762 bits per heavy atom. The number of benzene rings is 3. The van der Waals surface area contributed by atoms with E-state index in [9.17, 15) is 0 Å². The Hall–Kier alpha value is -2.54. The van der Waals surface area contributed by atoms with Gasteiger partial charge in [0.1, 0.15) is 0 Å². The molecule has 3 aromatic carbocycles. The molecule has 0 aliphatic rings. The van der Waals surface area contributed by atoms with Crippen molar-refractivity contribution in [1.82, 2.24) is 4.57 Å². The molecule has 1 aromatic heterocycles. The van der Waals surface area contributed by atoms with Crippen molar-refractivity contribution in [2.24, 2.45) is 7.05 Å². The Bertz CT molecular complexity index is 960. The molecule has 4 aromatic rings. The fourth-order valence-corrected chi connectivity index (χ4v) is 3.28. The summed E-state index contributed by atoms with van der Waals surface area (Å²) in [6.45, 7) is 2.14. The SMILES string of the molecule is Cc1cccc(-c2cccc3c4ccccc4n(C)c23)c1. The molecule has 0 aliphatic carbocycles. The van der Waals surface area contributed by atoms with Crippen molar-refractivity contribution in [3.63, 3.8) is 0 Å². The molecule has 0 radical (unpaired) electrons. The highest BCUT2D eigenvalue weighted by molar-refractivity contribution is 6.12. The van der Waals surface area contributed by atoms with E-state index in [1.165, 1.54) is 38.5 Å². The third-order valence-electron chi connectivity index (χ3n) is 4.26. The highest BCUT2D eigenvalue weighted by Gasteiger charge is 2.12. The Morgan fingerprint density at radius 3 is 2.38 bits per heavy atom. The van der Waals surface area contributed by atoms with Gasteiger partial charge in [-0.05, 0) is 18.6 Å². The molecule has 0 aliphatic heterocycles. The molecule has 4 rings (SSSR count). The number of aromatic nitrogens is 1. The average molecular weight is 271 g/mol. The van der Waals surface area contributed by atoms with Gasteiger partial charge in [0, 0.05) is 28.9 Å². The largest absolute Gasteiger partial charge is 0.343 e. The molecule has 0 N–H and O–H groups in total.